The van der Waals surface area contributed by atoms with Crippen molar-refractivity contribution in [3.8, 4) is 10.6 Å². The Bertz CT molecular complexity index is 1220. The maximum Gasteiger partial charge on any atom is 0.271 e. The molecular weight excluding hydrogens is 417 g/mol. The predicted octanol–water partition coefficient (Wildman–Crippen LogP) is 4.51. The van der Waals surface area contributed by atoms with Crippen molar-refractivity contribution in [2.24, 2.45) is 0 Å². The van der Waals surface area contributed by atoms with Gasteiger partial charge in [0.1, 0.15) is 4.70 Å². The van der Waals surface area contributed by atoms with Crippen LogP contribution >= 0.6 is 34.5 Å². The van der Waals surface area contributed by atoms with Gasteiger partial charge in [-0.05, 0) is 36.2 Å². The van der Waals surface area contributed by atoms with E-state index in [0.717, 1.165) is 16.1 Å². The molecule has 0 atom stereocenters. The van der Waals surface area contributed by atoms with E-state index in [4.69, 9.17) is 23.2 Å². The van der Waals surface area contributed by atoms with E-state index < -0.39 is 0 Å². The summed E-state index contributed by atoms with van der Waals surface area (Å²) in [7, 11) is 1.76. The fourth-order valence-corrected chi connectivity index (χ4v) is 4.34. The highest BCUT2D eigenvalue weighted by atomic mass is 35.5. The van der Waals surface area contributed by atoms with E-state index >= 15 is 0 Å². The van der Waals surface area contributed by atoms with Crippen molar-refractivity contribution in [3.63, 3.8) is 0 Å². The SMILES string of the molecule is CNc1nccc(-c2cc3ncn(CCc4ccc(Cl)cc4Cl)c(=O)c3s2)n1. The molecule has 0 spiro atoms. The zero-order valence-corrected chi connectivity index (χ0v) is 17.1. The lowest BCUT2D eigenvalue weighted by atomic mass is 10.1. The van der Waals surface area contributed by atoms with Gasteiger partial charge in [-0.3, -0.25) is 9.36 Å². The summed E-state index contributed by atoms with van der Waals surface area (Å²) < 4.78 is 2.20. The first-order chi connectivity index (χ1) is 13.5. The van der Waals surface area contributed by atoms with Crippen LogP contribution in [0.3, 0.4) is 0 Å². The average molecular weight is 432 g/mol. The molecule has 4 rings (SSSR count). The molecule has 6 nitrogen and oxygen atoms in total. The van der Waals surface area contributed by atoms with Crippen LogP contribution in [0.1, 0.15) is 5.56 Å². The lowest BCUT2D eigenvalue weighted by Gasteiger charge is -2.07. The monoisotopic (exact) mass is 431 g/mol. The van der Waals surface area contributed by atoms with Crippen LogP contribution in [0.5, 0.6) is 0 Å². The van der Waals surface area contributed by atoms with Gasteiger partial charge in [0, 0.05) is 29.8 Å². The Morgan fingerprint density at radius 1 is 1.18 bits per heavy atom. The van der Waals surface area contributed by atoms with Crippen LogP contribution in [0.2, 0.25) is 10.0 Å². The number of rotatable bonds is 5. The van der Waals surface area contributed by atoms with E-state index in [-0.39, 0.29) is 5.56 Å². The van der Waals surface area contributed by atoms with E-state index in [1.807, 2.05) is 18.2 Å². The fraction of sp³-hybridized carbons (Fsp3) is 0.158. The summed E-state index contributed by atoms with van der Waals surface area (Å²) >= 11 is 13.5. The predicted molar refractivity (Wildman–Crippen MR) is 115 cm³/mol. The molecule has 0 unspecified atom stereocenters. The Kier molecular flexibility index (Phi) is 5.30. The minimum atomic E-state index is -0.0748. The van der Waals surface area contributed by atoms with Gasteiger partial charge in [0.15, 0.2) is 0 Å². The molecule has 0 fully saturated rings. The number of hydrogen-bond acceptors (Lipinski definition) is 6. The van der Waals surface area contributed by atoms with Gasteiger partial charge in [-0.2, -0.15) is 0 Å². The van der Waals surface area contributed by atoms with Crippen molar-refractivity contribution in [1.82, 2.24) is 19.5 Å². The Balaban J connectivity index is 1.64. The number of fused-ring (bicyclic) bond motifs is 1. The van der Waals surface area contributed by atoms with Gasteiger partial charge < -0.3 is 5.32 Å². The van der Waals surface area contributed by atoms with Gasteiger partial charge in [-0.15, -0.1) is 11.3 Å². The van der Waals surface area contributed by atoms with Crippen molar-refractivity contribution in [2.45, 2.75) is 13.0 Å². The van der Waals surface area contributed by atoms with Crippen molar-refractivity contribution in [1.29, 1.82) is 0 Å². The van der Waals surface area contributed by atoms with Crippen molar-refractivity contribution >= 4 is 50.7 Å². The summed E-state index contributed by atoms with van der Waals surface area (Å²) in [6.07, 6.45) is 3.86. The highest BCUT2D eigenvalue weighted by Crippen LogP contribution is 2.29. The molecule has 9 heteroatoms. The molecule has 0 aliphatic heterocycles. The number of anilines is 1. The topological polar surface area (TPSA) is 72.7 Å². The van der Waals surface area contributed by atoms with Crippen LogP contribution < -0.4 is 10.9 Å². The molecule has 3 heterocycles. The molecule has 1 aromatic carbocycles. The molecule has 3 aromatic heterocycles. The normalized spacial score (nSPS) is 11.1. The first-order valence-electron chi connectivity index (χ1n) is 8.49. The Morgan fingerprint density at radius 2 is 2.04 bits per heavy atom. The number of hydrogen-bond donors (Lipinski definition) is 1. The molecule has 0 radical (unpaired) electrons. The maximum absolute atomic E-state index is 12.9. The van der Waals surface area contributed by atoms with E-state index in [0.29, 0.717) is 39.2 Å². The first-order valence-corrected chi connectivity index (χ1v) is 10.1. The largest absolute Gasteiger partial charge is 0.357 e. The fourth-order valence-electron chi connectivity index (χ4n) is 2.81. The number of nitrogens with one attached hydrogen (secondary N) is 1. The van der Waals surface area contributed by atoms with Crippen LogP contribution in [0.4, 0.5) is 5.95 Å². The third-order valence-corrected chi connectivity index (χ3v) is 5.99. The second kappa shape index (κ2) is 7.87. The molecule has 0 aliphatic rings. The zero-order chi connectivity index (χ0) is 19.7. The average Bonchev–Trinajstić information content (AvgIpc) is 3.14. The summed E-state index contributed by atoms with van der Waals surface area (Å²) in [5.41, 5.74) is 2.27. The van der Waals surface area contributed by atoms with Crippen LogP contribution in [0.15, 0.2) is 47.7 Å². The molecule has 0 saturated carbocycles. The molecule has 0 bridgehead atoms. The van der Waals surface area contributed by atoms with Crippen molar-refractivity contribution in [2.75, 3.05) is 12.4 Å². The number of thiophene rings is 1. The molecule has 28 heavy (non-hydrogen) atoms. The van der Waals surface area contributed by atoms with Crippen molar-refractivity contribution in [3.05, 3.63) is 68.8 Å². The minimum absolute atomic E-state index is 0.0748. The van der Waals surface area contributed by atoms with Crippen LogP contribution in [-0.2, 0) is 13.0 Å². The van der Waals surface area contributed by atoms with Gasteiger partial charge in [0.2, 0.25) is 5.95 Å². The van der Waals surface area contributed by atoms with E-state index in [9.17, 15) is 4.79 Å². The molecular formula is C19H15Cl2N5OS. The third-order valence-electron chi connectivity index (χ3n) is 4.27. The molecule has 1 N–H and O–H groups in total. The molecule has 0 aliphatic carbocycles. The van der Waals surface area contributed by atoms with Gasteiger partial charge in [0.05, 0.1) is 22.4 Å². The summed E-state index contributed by atoms with van der Waals surface area (Å²) in [5, 5.41) is 4.10. The Morgan fingerprint density at radius 3 is 2.82 bits per heavy atom. The second-order valence-corrected chi connectivity index (χ2v) is 7.97. The first kappa shape index (κ1) is 18.9. The maximum atomic E-state index is 12.9. The lowest BCUT2D eigenvalue weighted by Crippen LogP contribution is -2.20. The minimum Gasteiger partial charge on any atom is -0.357 e. The highest BCUT2D eigenvalue weighted by molar-refractivity contribution is 7.22. The second-order valence-electron chi connectivity index (χ2n) is 6.07. The van der Waals surface area contributed by atoms with Gasteiger partial charge in [-0.1, -0.05) is 29.3 Å². The molecule has 0 saturated heterocycles. The van der Waals surface area contributed by atoms with Gasteiger partial charge in [0.25, 0.3) is 5.56 Å². The molecule has 4 aromatic rings. The number of aromatic nitrogens is 4. The number of nitrogens with zero attached hydrogens (tertiary/aromatic N) is 4. The van der Waals surface area contributed by atoms with E-state index in [1.165, 1.54) is 11.3 Å². The highest BCUT2D eigenvalue weighted by Gasteiger charge is 2.12. The smallest absolute Gasteiger partial charge is 0.271 e. The van der Waals surface area contributed by atoms with Crippen LogP contribution in [0.25, 0.3) is 20.8 Å². The Hall–Kier alpha value is -2.48. The van der Waals surface area contributed by atoms with Crippen LogP contribution in [-0.4, -0.2) is 26.6 Å². The molecule has 0 amide bonds. The summed E-state index contributed by atoms with van der Waals surface area (Å²) in [4.78, 5) is 26.7. The van der Waals surface area contributed by atoms with Crippen molar-refractivity contribution < 1.29 is 0 Å². The summed E-state index contributed by atoms with van der Waals surface area (Å²) in [6.45, 7) is 0.480. The standard InChI is InChI=1S/C19H15Cl2N5OS/c1-22-19-23-6-4-14(25-19)16-9-15-17(28-16)18(27)26(10-24-15)7-5-11-2-3-12(20)8-13(11)21/h2-4,6,8-10H,5,7H2,1H3,(H,22,23,25). The summed E-state index contributed by atoms with van der Waals surface area (Å²) in [6, 6.07) is 9.06. The number of aryl methyl sites for hydroxylation is 2. The van der Waals surface area contributed by atoms with Gasteiger partial charge in [-0.25, -0.2) is 15.0 Å². The van der Waals surface area contributed by atoms with Crippen LogP contribution in [0, 0.1) is 0 Å². The lowest BCUT2D eigenvalue weighted by molar-refractivity contribution is 0.663. The zero-order valence-electron chi connectivity index (χ0n) is 14.8. The molecule has 142 valence electrons. The van der Waals surface area contributed by atoms with Gasteiger partial charge >= 0.3 is 0 Å². The quantitative estimate of drug-likeness (QED) is 0.503. The van der Waals surface area contributed by atoms with E-state index in [1.54, 1.807) is 36.3 Å². The Labute approximate surface area is 174 Å². The number of halogens is 2. The summed E-state index contributed by atoms with van der Waals surface area (Å²) in [5.74, 6) is 0.528. The van der Waals surface area contributed by atoms with E-state index in [2.05, 4.69) is 20.3 Å². The third kappa shape index (κ3) is 3.73. The number of benzene rings is 1.